The molecule has 0 spiro atoms. The van der Waals surface area contributed by atoms with Gasteiger partial charge in [0.2, 0.25) is 0 Å². The van der Waals surface area contributed by atoms with Crippen molar-refractivity contribution in [1.29, 1.82) is 0 Å². The van der Waals surface area contributed by atoms with Crippen LogP contribution in [0.1, 0.15) is 49.3 Å². The number of piperidine rings is 1. The summed E-state index contributed by atoms with van der Waals surface area (Å²) in [5.74, 6) is 0.573. The van der Waals surface area contributed by atoms with Gasteiger partial charge in [-0.1, -0.05) is 20.8 Å². The fraction of sp³-hybridized carbons (Fsp3) is 0.714. The number of methoxy groups -OCH3 is 1. The summed E-state index contributed by atoms with van der Waals surface area (Å²) in [5, 5.41) is 6.97. The van der Waals surface area contributed by atoms with Crippen molar-refractivity contribution >= 4 is 11.6 Å². The molecule has 2 atom stereocenters. The number of ether oxygens (including phenoxy) is 1. The number of nitrogens with zero attached hydrogens (tertiary/aromatic N) is 2. The summed E-state index contributed by atoms with van der Waals surface area (Å²) in [6.45, 7) is 7.50. The van der Waals surface area contributed by atoms with Crippen molar-refractivity contribution in [2.45, 2.75) is 39.2 Å². The second kappa shape index (κ2) is 5.83. The van der Waals surface area contributed by atoms with Crippen LogP contribution < -0.4 is 5.73 Å². The highest BCUT2D eigenvalue weighted by Gasteiger charge is 2.31. The maximum Gasteiger partial charge on any atom is 0.276 e. The van der Waals surface area contributed by atoms with Crippen LogP contribution in [0.4, 0.5) is 5.69 Å². The van der Waals surface area contributed by atoms with E-state index in [1.807, 2.05) is 13.8 Å². The van der Waals surface area contributed by atoms with Crippen LogP contribution in [0, 0.1) is 5.92 Å². The summed E-state index contributed by atoms with van der Waals surface area (Å²) >= 11 is 0. The van der Waals surface area contributed by atoms with E-state index in [9.17, 15) is 4.79 Å². The monoisotopic (exact) mass is 280 g/mol. The summed E-state index contributed by atoms with van der Waals surface area (Å²) in [5.41, 5.74) is 7.66. The minimum absolute atomic E-state index is 0.0810. The standard InChI is InChI=1S/C14H24N4O2/c1-8(2)12-11(15)13(17-16-12)14(19)18-6-5-9(3)10(7-18)20-4/h8-10H,5-7,15H2,1-4H3,(H,16,17). The number of aromatic amines is 1. The summed E-state index contributed by atoms with van der Waals surface area (Å²) in [6.07, 6.45) is 1.02. The lowest BCUT2D eigenvalue weighted by Gasteiger charge is -2.35. The van der Waals surface area contributed by atoms with Crippen LogP contribution in [-0.2, 0) is 4.74 Å². The Morgan fingerprint density at radius 2 is 2.25 bits per heavy atom. The van der Waals surface area contributed by atoms with Crippen molar-refractivity contribution in [2.24, 2.45) is 5.92 Å². The van der Waals surface area contributed by atoms with Crippen molar-refractivity contribution in [2.75, 3.05) is 25.9 Å². The van der Waals surface area contributed by atoms with Gasteiger partial charge in [-0.2, -0.15) is 5.10 Å². The van der Waals surface area contributed by atoms with Gasteiger partial charge in [-0.05, 0) is 18.3 Å². The summed E-state index contributed by atoms with van der Waals surface area (Å²) in [4.78, 5) is 14.3. The number of nitrogens with one attached hydrogen (secondary N) is 1. The van der Waals surface area contributed by atoms with Crippen molar-refractivity contribution in [3.05, 3.63) is 11.4 Å². The Hall–Kier alpha value is -1.56. The van der Waals surface area contributed by atoms with Crippen molar-refractivity contribution in [3.8, 4) is 0 Å². The number of nitrogen functional groups attached to an aromatic ring is 1. The Morgan fingerprint density at radius 1 is 1.55 bits per heavy atom. The molecule has 2 heterocycles. The van der Waals surface area contributed by atoms with Crippen molar-refractivity contribution in [1.82, 2.24) is 15.1 Å². The Bertz CT molecular complexity index is 484. The van der Waals surface area contributed by atoms with E-state index in [1.165, 1.54) is 0 Å². The normalized spacial score (nSPS) is 23.4. The van der Waals surface area contributed by atoms with Crippen molar-refractivity contribution < 1.29 is 9.53 Å². The predicted molar refractivity (Wildman–Crippen MR) is 77.6 cm³/mol. The van der Waals surface area contributed by atoms with E-state index >= 15 is 0 Å². The zero-order valence-corrected chi connectivity index (χ0v) is 12.6. The second-order valence-corrected chi connectivity index (χ2v) is 5.85. The van der Waals surface area contributed by atoms with Gasteiger partial charge in [0.25, 0.3) is 5.91 Å². The van der Waals surface area contributed by atoms with E-state index in [0.717, 1.165) is 18.7 Å². The fourth-order valence-electron chi connectivity index (χ4n) is 2.64. The summed E-state index contributed by atoms with van der Waals surface area (Å²) < 4.78 is 5.44. The molecule has 0 aliphatic carbocycles. The van der Waals surface area contributed by atoms with Gasteiger partial charge in [-0.25, -0.2) is 0 Å². The molecule has 20 heavy (non-hydrogen) atoms. The molecule has 1 saturated heterocycles. The molecule has 2 unspecified atom stereocenters. The Kier molecular flexibility index (Phi) is 4.32. The van der Waals surface area contributed by atoms with Crippen LogP contribution in [-0.4, -0.2) is 47.3 Å². The number of amides is 1. The topological polar surface area (TPSA) is 84.2 Å². The third-order valence-corrected chi connectivity index (χ3v) is 4.09. The first-order valence-electron chi connectivity index (χ1n) is 7.11. The zero-order valence-electron chi connectivity index (χ0n) is 12.6. The van der Waals surface area contributed by atoms with Crippen LogP contribution >= 0.6 is 0 Å². The smallest absolute Gasteiger partial charge is 0.276 e. The first-order valence-corrected chi connectivity index (χ1v) is 7.11. The molecule has 112 valence electrons. The number of nitrogens with two attached hydrogens (primary N) is 1. The highest BCUT2D eigenvalue weighted by Crippen LogP contribution is 2.25. The highest BCUT2D eigenvalue weighted by molar-refractivity contribution is 5.97. The minimum atomic E-state index is -0.111. The van der Waals surface area contributed by atoms with E-state index in [1.54, 1.807) is 12.0 Å². The Morgan fingerprint density at radius 3 is 2.80 bits per heavy atom. The minimum Gasteiger partial charge on any atom is -0.395 e. The lowest BCUT2D eigenvalue weighted by molar-refractivity contribution is -0.00173. The predicted octanol–water partition coefficient (Wildman–Crippen LogP) is 1.61. The van der Waals surface area contributed by atoms with Gasteiger partial charge in [0, 0.05) is 20.2 Å². The van der Waals surface area contributed by atoms with E-state index in [2.05, 4.69) is 17.1 Å². The number of carbonyl (C=O) groups is 1. The number of likely N-dealkylation sites (tertiary alicyclic amines) is 1. The van der Waals surface area contributed by atoms with Crippen LogP contribution in [0.25, 0.3) is 0 Å². The average Bonchev–Trinajstić information content (AvgIpc) is 2.80. The molecular formula is C14H24N4O2. The van der Waals surface area contributed by atoms with Gasteiger partial charge in [0.05, 0.1) is 17.5 Å². The molecule has 1 aromatic heterocycles. The molecule has 0 saturated carbocycles. The molecule has 6 nitrogen and oxygen atoms in total. The first-order chi connectivity index (χ1) is 9.45. The van der Waals surface area contributed by atoms with Gasteiger partial charge in [-0.15, -0.1) is 0 Å². The number of carbonyl (C=O) groups excluding carboxylic acids is 1. The lowest BCUT2D eigenvalue weighted by Crippen LogP contribution is -2.46. The number of hydrogen-bond donors (Lipinski definition) is 2. The van der Waals surface area contributed by atoms with E-state index in [-0.39, 0.29) is 17.9 Å². The number of hydrogen-bond acceptors (Lipinski definition) is 4. The maximum absolute atomic E-state index is 12.5. The number of H-pyrrole nitrogens is 1. The van der Waals surface area contributed by atoms with Crippen molar-refractivity contribution in [3.63, 3.8) is 0 Å². The molecule has 1 fully saturated rings. The zero-order chi connectivity index (χ0) is 14.9. The first kappa shape index (κ1) is 14.8. The van der Waals surface area contributed by atoms with Crippen LogP contribution in [0.15, 0.2) is 0 Å². The number of anilines is 1. The Labute approximate surface area is 119 Å². The molecule has 0 bridgehead atoms. The van der Waals surface area contributed by atoms with Gasteiger partial charge < -0.3 is 15.4 Å². The molecular weight excluding hydrogens is 256 g/mol. The molecule has 0 aromatic carbocycles. The summed E-state index contributed by atoms with van der Waals surface area (Å²) in [7, 11) is 1.69. The van der Waals surface area contributed by atoms with E-state index in [4.69, 9.17) is 10.5 Å². The highest BCUT2D eigenvalue weighted by atomic mass is 16.5. The van der Waals surface area contributed by atoms with Gasteiger partial charge >= 0.3 is 0 Å². The molecule has 6 heteroatoms. The van der Waals surface area contributed by atoms with Crippen LogP contribution in [0.2, 0.25) is 0 Å². The van der Waals surface area contributed by atoms with Gasteiger partial charge in [0.1, 0.15) is 0 Å². The number of rotatable bonds is 3. The quantitative estimate of drug-likeness (QED) is 0.881. The second-order valence-electron chi connectivity index (χ2n) is 5.85. The van der Waals surface area contributed by atoms with Crippen LogP contribution in [0.5, 0.6) is 0 Å². The molecule has 1 aromatic rings. The van der Waals surface area contributed by atoms with E-state index in [0.29, 0.717) is 23.8 Å². The largest absolute Gasteiger partial charge is 0.395 e. The SMILES string of the molecule is COC1CN(C(=O)c2n[nH]c(C(C)C)c2N)CCC1C. The van der Waals surface area contributed by atoms with Gasteiger partial charge in [-0.3, -0.25) is 9.89 Å². The van der Waals surface area contributed by atoms with E-state index < -0.39 is 0 Å². The molecule has 1 aliphatic rings. The lowest BCUT2D eigenvalue weighted by atomic mass is 9.95. The Balaban J connectivity index is 2.15. The molecule has 2 rings (SSSR count). The molecule has 0 radical (unpaired) electrons. The summed E-state index contributed by atoms with van der Waals surface area (Å²) in [6, 6.07) is 0. The van der Waals surface area contributed by atoms with Crippen LogP contribution in [0.3, 0.4) is 0 Å². The molecule has 3 N–H and O–H groups in total. The third-order valence-electron chi connectivity index (χ3n) is 4.09. The molecule has 1 amide bonds. The average molecular weight is 280 g/mol. The fourth-order valence-corrected chi connectivity index (χ4v) is 2.64. The van der Waals surface area contributed by atoms with Gasteiger partial charge in [0.15, 0.2) is 5.69 Å². The molecule has 1 aliphatic heterocycles. The maximum atomic E-state index is 12.5. The third kappa shape index (κ3) is 2.65. The number of aromatic nitrogens is 2.